The molecule has 33 heavy (non-hydrogen) atoms. The number of methoxy groups -OCH3 is 1. The highest BCUT2D eigenvalue weighted by Gasteiger charge is 2.29. The van der Waals surface area contributed by atoms with Gasteiger partial charge in [0.15, 0.2) is 0 Å². The van der Waals surface area contributed by atoms with Crippen LogP contribution in [0.15, 0.2) is 18.2 Å². The molecule has 3 rings (SSSR count). The third kappa shape index (κ3) is 6.93. The number of fused-ring (bicyclic) bond motifs is 1. The van der Waals surface area contributed by atoms with E-state index in [2.05, 4.69) is 24.1 Å². The highest BCUT2D eigenvalue weighted by molar-refractivity contribution is 5.98. The van der Waals surface area contributed by atoms with Crippen LogP contribution in [-0.2, 0) is 9.53 Å². The number of carbonyl (C=O) groups is 2. The quantitative estimate of drug-likeness (QED) is 0.736. The van der Waals surface area contributed by atoms with Crippen molar-refractivity contribution >= 4 is 17.5 Å². The minimum Gasteiger partial charge on any atom is -0.491 e. The van der Waals surface area contributed by atoms with Crippen molar-refractivity contribution in [2.75, 3.05) is 45.7 Å². The van der Waals surface area contributed by atoms with Crippen LogP contribution in [0.25, 0.3) is 0 Å². The zero-order valence-electron chi connectivity index (χ0n) is 20.9. The summed E-state index contributed by atoms with van der Waals surface area (Å²) in [5, 5.41) is 2.79. The first-order chi connectivity index (χ1) is 15.8. The first-order valence-electron chi connectivity index (χ1n) is 12.3. The van der Waals surface area contributed by atoms with Gasteiger partial charge in [-0.15, -0.1) is 0 Å². The van der Waals surface area contributed by atoms with Crippen LogP contribution in [-0.4, -0.2) is 74.2 Å². The number of hydrogen-bond acceptors (Lipinski definition) is 5. The molecule has 184 valence electrons. The molecule has 1 aliphatic heterocycles. The van der Waals surface area contributed by atoms with E-state index >= 15 is 0 Å². The summed E-state index contributed by atoms with van der Waals surface area (Å²) < 4.78 is 12.1. The first kappa shape index (κ1) is 25.5. The van der Waals surface area contributed by atoms with Crippen molar-refractivity contribution in [2.45, 2.75) is 65.0 Å². The Morgan fingerprint density at radius 2 is 1.91 bits per heavy atom. The lowest BCUT2D eigenvalue weighted by Crippen LogP contribution is -2.48. The van der Waals surface area contributed by atoms with Gasteiger partial charge in [-0.2, -0.15) is 0 Å². The molecule has 0 bridgehead atoms. The monoisotopic (exact) mass is 459 g/mol. The molecule has 2 amide bonds. The molecule has 1 aromatic carbocycles. The average Bonchev–Trinajstić information content (AvgIpc) is 2.79. The summed E-state index contributed by atoms with van der Waals surface area (Å²) in [6, 6.07) is 5.43. The topological polar surface area (TPSA) is 71.1 Å². The van der Waals surface area contributed by atoms with Crippen LogP contribution in [0.2, 0.25) is 0 Å². The smallest absolute Gasteiger partial charge is 0.257 e. The molecule has 1 aromatic rings. The molecule has 0 unspecified atom stereocenters. The number of carbonyl (C=O) groups excluding carboxylic acids is 2. The van der Waals surface area contributed by atoms with Gasteiger partial charge in [-0.3, -0.25) is 14.5 Å². The van der Waals surface area contributed by atoms with E-state index in [1.54, 1.807) is 37.3 Å². The van der Waals surface area contributed by atoms with Gasteiger partial charge in [0.1, 0.15) is 12.4 Å². The minimum atomic E-state index is -0.157. The number of hydrogen-bond donors (Lipinski definition) is 1. The van der Waals surface area contributed by atoms with E-state index in [1.165, 1.54) is 39.0 Å². The Bertz CT molecular complexity index is 809. The summed E-state index contributed by atoms with van der Waals surface area (Å²) in [4.78, 5) is 29.1. The third-order valence-corrected chi connectivity index (χ3v) is 7.11. The minimum absolute atomic E-state index is 0.0533. The number of benzene rings is 1. The van der Waals surface area contributed by atoms with Crippen LogP contribution in [0, 0.1) is 11.8 Å². The van der Waals surface area contributed by atoms with Crippen molar-refractivity contribution in [3.05, 3.63) is 23.8 Å². The van der Waals surface area contributed by atoms with Gasteiger partial charge in [0.2, 0.25) is 5.91 Å². The molecule has 1 heterocycles. The third-order valence-electron chi connectivity index (χ3n) is 7.11. The molecular formula is C26H41N3O4. The maximum atomic E-state index is 13.3. The number of anilines is 1. The SMILES string of the molecule is CO[C@@H]1CN(C)C(=O)c2ccc(NC(C)=O)cc2OC[C@@H](C)N(CC2CCCCC2)C[C@@H]1C. The Morgan fingerprint density at radius 3 is 2.58 bits per heavy atom. The average molecular weight is 460 g/mol. The highest BCUT2D eigenvalue weighted by Crippen LogP contribution is 2.29. The summed E-state index contributed by atoms with van der Waals surface area (Å²) in [6.45, 7) is 8.84. The van der Waals surface area contributed by atoms with E-state index in [4.69, 9.17) is 9.47 Å². The van der Waals surface area contributed by atoms with Gasteiger partial charge in [-0.05, 0) is 43.7 Å². The van der Waals surface area contributed by atoms with Crippen LogP contribution in [0.1, 0.15) is 63.2 Å². The second-order valence-corrected chi connectivity index (χ2v) is 9.95. The van der Waals surface area contributed by atoms with Crippen LogP contribution in [0.3, 0.4) is 0 Å². The predicted molar refractivity (Wildman–Crippen MR) is 131 cm³/mol. The number of nitrogens with zero attached hydrogens (tertiary/aromatic N) is 2. The molecule has 0 saturated heterocycles. The number of ether oxygens (including phenoxy) is 2. The normalized spacial score (nSPS) is 26.0. The molecule has 1 saturated carbocycles. The van der Waals surface area contributed by atoms with Crippen LogP contribution in [0.4, 0.5) is 5.69 Å². The van der Waals surface area contributed by atoms with Gasteiger partial charge < -0.3 is 19.7 Å². The zero-order chi connectivity index (χ0) is 24.0. The van der Waals surface area contributed by atoms with Crippen molar-refractivity contribution in [3.63, 3.8) is 0 Å². The van der Waals surface area contributed by atoms with Crippen molar-refractivity contribution in [1.29, 1.82) is 0 Å². The lowest BCUT2D eigenvalue weighted by Gasteiger charge is -2.38. The maximum absolute atomic E-state index is 13.3. The van der Waals surface area contributed by atoms with Gasteiger partial charge in [-0.25, -0.2) is 0 Å². The largest absolute Gasteiger partial charge is 0.491 e. The molecule has 1 N–H and O–H groups in total. The standard InChI is InChI=1S/C26H41N3O4/c1-18-14-29(15-21-9-7-6-8-10-21)19(2)17-33-24-13-22(27-20(3)30)11-12-23(24)26(31)28(4)16-25(18)32-5/h11-13,18-19,21,25H,6-10,14-17H2,1-5H3,(H,27,30)/t18-,19+,25+/m0/s1. The Morgan fingerprint density at radius 1 is 1.18 bits per heavy atom. The fourth-order valence-corrected chi connectivity index (χ4v) is 5.08. The second-order valence-electron chi connectivity index (χ2n) is 9.95. The molecule has 7 nitrogen and oxygen atoms in total. The summed E-state index contributed by atoms with van der Waals surface area (Å²) >= 11 is 0. The van der Waals surface area contributed by atoms with Crippen LogP contribution >= 0.6 is 0 Å². The molecule has 2 aliphatic rings. The molecule has 1 aliphatic carbocycles. The Labute approximate surface area is 198 Å². The van der Waals surface area contributed by atoms with Crippen molar-refractivity contribution < 1.29 is 19.1 Å². The lowest BCUT2D eigenvalue weighted by molar-refractivity contribution is -0.114. The van der Waals surface area contributed by atoms with E-state index < -0.39 is 0 Å². The van der Waals surface area contributed by atoms with Gasteiger partial charge >= 0.3 is 0 Å². The fraction of sp³-hybridized carbons (Fsp3) is 0.692. The molecule has 1 fully saturated rings. The molecule has 7 heteroatoms. The lowest BCUT2D eigenvalue weighted by atomic mass is 9.88. The molecule has 0 radical (unpaired) electrons. The van der Waals surface area contributed by atoms with Gasteiger partial charge in [0, 0.05) is 58.5 Å². The van der Waals surface area contributed by atoms with Crippen molar-refractivity contribution in [3.8, 4) is 5.75 Å². The number of rotatable bonds is 4. The maximum Gasteiger partial charge on any atom is 0.257 e. The van der Waals surface area contributed by atoms with Crippen LogP contribution < -0.4 is 10.1 Å². The van der Waals surface area contributed by atoms with E-state index in [0.717, 1.165) is 19.0 Å². The number of nitrogens with one attached hydrogen (secondary N) is 1. The summed E-state index contributed by atoms with van der Waals surface area (Å²) in [7, 11) is 3.54. The Hall–Kier alpha value is -2.12. The van der Waals surface area contributed by atoms with E-state index in [9.17, 15) is 9.59 Å². The van der Waals surface area contributed by atoms with Crippen LogP contribution in [0.5, 0.6) is 5.75 Å². The van der Waals surface area contributed by atoms with E-state index in [-0.39, 0.29) is 29.9 Å². The zero-order valence-corrected chi connectivity index (χ0v) is 20.9. The second kappa shape index (κ2) is 11.8. The van der Waals surface area contributed by atoms with Gasteiger partial charge in [0.05, 0.1) is 11.7 Å². The first-order valence-corrected chi connectivity index (χ1v) is 12.3. The molecule has 3 atom stereocenters. The number of amides is 2. The summed E-state index contributed by atoms with van der Waals surface area (Å²) in [5.41, 5.74) is 1.12. The van der Waals surface area contributed by atoms with Crippen molar-refractivity contribution in [1.82, 2.24) is 9.80 Å². The van der Waals surface area contributed by atoms with E-state index in [0.29, 0.717) is 30.2 Å². The Kier molecular flexibility index (Phi) is 9.15. The van der Waals surface area contributed by atoms with Gasteiger partial charge in [0.25, 0.3) is 5.91 Å². The fourth-order valence-electron chi connectivity index (χ4n) is 5.08. The predicted octanol–water partition coefficient (Wildman–Crippen LogP) is 4.03. The van der Waals surface area contributed by atoms with Crippen molar-refractivity contribution in [2.24, 2.45) is 11.8 Å². The molecule has 0 spiro atoms. The number of likely N-dealkylation sites (N-methyl/N-ethyl adjacent to an activating group) is 1. The molecular weight excluding hydrogens is 418 g/mol. The van der Waals surface area contributed by atoms with Gasteiger partial charge in [-0.1, -0.05) is 26.2 Å². The Balaban J connectivity index is 1.89. The summed E-state index contributed by atoms with van der Waals surface area (Å²) in [5.74, 6) is 1.24. The highest BCUT2D eigenvalue weighted by atomic mass is 16.5. The van der Waals surface area contributed by atoms with E-state index in [1.807, 2.05) is 0 Å². The summed E-state index contributed by atoms with van der Waals surface area (Å²) in [6.07, 6.45) is 6.55. The molecule has 0 aromatic heterocycles.